The van der Waals surface area contributed by atoms with Crippen molar-refractivity contribution < 1.29 is 0 Å². The minimum Gasteiger partial charge on any atom is -0.304 e. The molecule has 1 aromatic heterocycles. The number of nitrogens with zero attached hydrogens (tertiary/aromatic N) is 3. The summed E-state index contributed by atoms with van der Waals surface area (Å²) in [6.07, 6.45) is 0. The molecule has 0 aliphatic carbocycles. The Morgan fingerprint density at radius 1 is 1.25 bits per heavy atom. The number of piperazine rings is 1. The van der Waals surface area contributed by atoms with E-state index in [1.54, 1.807) is 0 Å². The number of aryl methyl sites for hydroxylation is 1. The smallest absolute Gasteiger partial charge is 0.0559 e. The molecule has 1 aliphatic heterocycles. The van der Waals surface area contributed by atoms with Gasteiger partial charge in [-0.3, -0.25) is 4.98 Å². The molecule has 1 saturated heterocycles. The lowest BCUT2D eigenvalue weighted by molar-refractivity contribution is 0.101. The molecule has 0 radical (unpaired) electrons. The van der Waals surface area contributed by atoms with Crippen LogP contribution in [-0.4, -0.2) is 48.1 Å². The van der Waals surface area contributed by atoms with Crippen molar-refractivity contribution in [3.63, 3.8) is 0 Å². The highest BCUT2D eigenvalue weighted by Gasteiger charge is 2.12. The van der Waals surface area contributed by atoms with Crippen LogP contribution in [0.3, 0.4) is 0 Å². The average Bonchev–Trinajstić information content (AvgIpc) is 2.28. The summed E-state index contributed by atoms with van der Waals surface area (Å²) in [5, 5.41) is 2.28. The predicted octanol–water partition coefficient (Wildman–Crippen LogP) is 0.642. The lowest BCUT2D eigenvalue weighted by Crippen LogP contribution is -2.50. The molecule has 0 spiro atoms. The number of hydrazine groups is 1. The number of likely N-dealkylation sites (N-methyl/N-ethyl adjacent to an activating group) is 1. The van der Waals surface area contributed by atoms with Crippen LogP contribution in [0.15, 0.2) is 18.2 Å². The zero-order valence-corrected chi connectivity index (χ0v) is 10.1. The van der Waals surface area contributed by atoms with Gasteiger partial charge < -0.3 is 4.90 Å². The van der Waals surface area contributed by atoms with Gasteiger partial charge in [0.15, 0.2) is 0 Å². The Labute approximate surface area is 97.2 Å². The fraction of sp³-hybridized carbons (Fsp3) is 0.583. The molecule has 0 saturated carbocycles. The van der Waals surface area contributed by atoms with Crippen LogP contribution in [0.4, 0.5) is 0 Å². The largest absolute Gasteiger partial charge is 0.304 e. The molecule has 1 aromatic rings. The summed E-state index contributed by atoms with van der Waals surface area (Å²) < 4.78 is 0. The Kier molecular flexibility index (Phi) is 3.88. The van der Waals surface area contributed by atoms with E-state index in [4.69, 9.17) is 0 Å². The number of rotatable bonds is 3. The van der Waals surface area contributed by atoms with E-state index in [0.717, 1.165) is 44.1 Å². The molecule has 0 aromatic carbocycles. The van der Waals surface area contributed by atoms with Crippen LogP contribution < -0.4 is 5.43 Å². The number of aromatic nitrogens is 1. The standard InChI is InChI=1S/C12H20N4/c1-11-4-3-5-12(14-11)10-13-16-8-6-15(2)7-9-16/h3-5,13H,6-10H2,1-2H3. The highest BCUT2D eigenvalue weighted by Crippen LogP contribution is 2.00. The van der Waals surface area contributed by atoms with Gasteiger partial charge in [0.25, 0.3) is 0 Å². The molecule has 1 fully saturated rings. The third-order valence-corrected chi connectivity index (χ3v) is 2.93. The summed E-state index contributed by atoms with van der Waals surface area (Å²) in [6.45, 7) is 7.29. The van der Waals surface area contributed by atoms with Crippen LogP contribution in [0, 0.1) is 6.92 Å². The van der Waals surface area contributed by atoms with Crippen LogP contribution in [0.2, 0.25) is 0 Å². The highest BCUT2D eigenvalue weighted by atomic mass is 15.5. The zero-order chi connectivity index (χ0) is 11.4. The monoisotopic (exact) mass is 220 g/mol. The quantitative estimate of drug-likeness (QED) is 0.810. The summed E-state index contributed by atoms with van der Waals surface area (Å²) in [5.41, 5.74) is 5.62. The Balaban J connectivity index is 1.79. The third-order valence-electron chi connectivity index (χ3n) is 2.93. The van der Waals surface area contributed by atoms with Crippen molar-refractivity contribution in [2.45, 2.75) is 13.5 Å². The first-order valence-electron chi connectivity index (χ1n) is 5.83. The second kappa shape index (κ2) is 5.39. The average molecular weight is 220 g/mol. The van der Waals surface area contributed by atoms with Crippen molar-refractivity contribution in [1.29, 1.82) is 0 Å². The normalized spacial score (nSPS) is 18.9. The van der Waals surface area contributed by atoms with E-state index in [0.29, 0.717) is 0 Å². The van der Waals surface area contributed by atoms with Crippen molar-refractivity contribution in [2.24, 2.45) is 0 Å². The Morgan fingerprint density at radius 2 is 2.00 bits per heavy atom. The Bertz CT molecular complexity index is 332. The van der Waals surface area contributed by atoms with Gasteiger partial charge in [-0.05, 0) is 26.1 Å². The maximum atomic E-state index is 4.47. The van der Waals surface area contributed by atoms with Crippen LogP contribution >= 0.6 is 0 Å². The van der Waals surface area contributed by atoms with Gasteiger partial charge in [-0.1, -0.05) is 6.07 Å². The molecule has 88 valence electrons. The molecular weight excluding hydrogens is 200 g/mol. The lowest BCUT2D eigenvalue weighted by Gasteiger charge is -2.32. The zero-order valence-electron chi connectivity index (χ0n) is 10.1. The highest BCUT2D eigenvalue weighted by molar-refractivity contribution is 5.09. The molecule has 0 atom stereocenters. The molecule has 0 unspecified atom stereocenters. The van der Waals surface area contributed by atoms with Gasteiger partial charge in [-0.2, -0.15) is 0 Å². The third kappa shape index (κ3) is 3.27. The van der Waals surface area contributed by atoms with E-state index >= 15 is 0 Å². The summed E-state index contributed by atoms with van der Waals surface area (Å²) >= 11 is 0. The van der Waals surface area contributed by atoms with Gasteiger partial charge >= 0.3 is 0 Å². The first kappa shape index (κ1) is 11.5. The van der Waals surface area contributed by atoms with E-state index in [1.165, 1.54) is 0 Å². The lowest BCUT2D eigenvalue weighted by atomic mass is 10.3. The SMILES string of the molecule is Cc1cccc(CNN2CCN(C)CC2)n1. The van der Waals surface area contributed by atoms with Crippen LogP contribution in [-0.2, 0) is 6.54 Å². The summed E-state index contributed by atoms with van der Waals surface area (Å²) in [4.78, 5) is 6.82. The Hall–Kier alpha value is -0.970. The fourth-order valence-corrected chi connectivity index (χ4v) is 1.86. The fourth-order valence-electron chi connectivity index (χ4n) is 1.86. The molecule has 4 heteroatoms. The molecule has 0 bridgehead atoms. The topological polar surface area (TPSA) is 31.4 Å². The second-order valence-corrected chi connectivity index (χ2v) is 4.40. The predicted molar refractivity (Wildman–Crippen MR) is 64.9 cm³/mol. The molecule has 0 amide bonds. The molecule has 4 nitrogen and oxygen atoms in total. The van der Waals surface area contributed by atoms with Crippen LogP contribution in [0.25, 0.3) is 0 Å². The Morgan fingerprint density at radius 3 is 2.69 bits per heavy atom. The first-order valence-corrected chi connectivity index (χ1v) is 5.83. The minimum atomic E-state index is 0.825. The first-order chi connectivity index (χ1) is 7.74. The summed E-state index contributed by atoms with van der Waals surface area (Å²) in [5.74, 6) is 0. The maximum Gasteiger partial charge on any atom is 0.0559 e. The molecule has 2 rings (SSSR count). The van der Waals surface area contributed by atoms with Gasteiger partial charge in [0.1, 0.15) is 0 Å². The van der Waals surface area contributed by atoms with Crippen molar-refractivity contribution >= 4 is 0 Å². The number of nitrogens with one attached hydrogen (secondary N) is 1. The van der Waals surface area contributed by atoms with Crippen LogP contribution in [0.5, 0.6) is 0 Å². The second-order valence-electron chi connectivity index (χ2n) is 4.40. The van der Waals surface area contributed by atoms with Crippen molar-refractivity contribution in [3.8, 4) is 0 Å². The number of hydrogen-bond acceptors (Lipinski definition) is 4. The van der Waals surface area contributed by atoms with Gasteiger partial charge in [0.2, 0.25) is 0 Å². The molecule has 1 N–H and O–H groups in total. The van der Waals surface area contributed by atoms with Crippen molar-refractivity contribution in [2.75, 3.05) is 33.2 Å². The number of pyridine rings is 1. The maximum absolute atomic E-state index is 4.47. The van der Waals surface area contributed by atoms with Crippen molar-refractivity contribution in [3.05, 3.63) is 29.6 Å². The van der Waals surface area contributed by atoms with E-state index < -0.39 is 0 Å². The van der Waals surface area contributed by atoms with E-state index in [1.807, 2.05) is 13.0 Å². The molecule has 2 heterocycles. The van der Waals surface area contributed by atoms with E-state index in [9.17, 15) is 0 Å². The van der Waals surface area contributed by atoms with Crippen molar-refractivity contribution in [1.82, 2.24) is 20.3 Å². The van der Waals surface area contributed by atoms with Crippen LogP contribution in [0.1, 0.15) is 11.4 Å². The van der Waals surface area contributed by atoms with E-state index in [2.05, 4.69) is 39.5 Å². The van der Waals surface area contributed by atoms with Gasteiger partial charge in [-0.15, -0.1) is 0 Å². The number of hydrogen-bond donors (Lipinski definition) is 1. The summed E-state index contributed by atoms with van der Waals surface area (Å²) in [6, 6.07) is 6.15. The molecule has 16 heavy (non-hydrogen) atoms. The summed E-state index contributed by atoms with van der Waals surface area (Å²) in [7, 11) is 2.17. The molecule has 1 aliphatic rings. The van der Waals surface area contributed by atoms with Gasteiger partial charge in [-0.25, -0.2) is 10.4 Å². The molecular formula is C12H20N4. The van der Waals surface area contributed by atoms with E-state index in [-0.39, 0.29) is 0 Å². The van der Waals surface area contributed by atoms with Gasteiger partial charge in [0.05, 0.1) is 12.2 Å². The van der Waals surface area contributed by atoms with Gasteiger partial charge in [0, 0.05) is 31.9 Å². The minimum absolute atomic E-state index is 0.825.